The van der Waals surface area contributed by atoms with Crippen LogP contribution in [0.25, 0.3) is 0 Å². The Bertz CT molecular complexity index is 526. The number of guanidine groups is 1. The van der Waals surface area contributed by atoms with Crippen LogP contribution in [0.3, 0.4) is 0 Å². The fourth-order valence-corrected chi connectivity index (χ4v) is 3.49. The van der Waals surface area contributed by atoms with Crippen molar-refractivity contribution in [2.24, 2.45) is 4.99 Å². The molecule has 0 heterocycles. The van der Waals surface area contributed by atoms with Crippen LogP contribution in [0.15, 0.2) is 29.3 Å². The van der Waals surface area contributed by atoms with Crippen molar-refractivity contribution >= 4 is 5.96 Å². The van der Waals surface area contributed by atoms with Crippen molar-refractivity contribution in [2.75, 3.05) is 34.3 Å². The molecule has 5 nitrogen and oxygen atoms in total. The maximum absolute atomic E-state index is 5.39. The standard InChI is InChI=1S/C20H34N4O/c1-21-20(23-16-17-10-7-8-13-19(17)25-3)22-14-9-15-24(2)18-11-5-4-6-12-18/h7-8,10,13,18H,4-6,9,11-12,14-16H2,1-3H3,(H2,21,22,23). The highest BCUT2D eigenvalue weighted by atomic mass is 16.5. The molecule has 0 radical (unpaired) electrons. The van der Waals surface area contributed by atoms with Crippen LogP contribution in [0.5, 0.6) is 5.75 Å². The molecule has 2 N–H and O–H groups in total. The van der Waals surface area contributed by atoms with Gasteiger partial charge in [-0.05, 0) is 38.9 Å². The first-order valence-electron chi connectivity index (χ1n) is 9.51. The lowest BCUT2D eigenvalue weighted by molar-refractivity contribution is 0.190. The van der Waals surface area contributed by atoms with Crippen molar-refractivity contribution in [3.05, 3.63) is 29.8 Å². The molecule has 1 aliphatic carbocycles. The molecule has 0 aromatic heterocycles. The Morgan fingerprint density at radius 3 is 2.68 bits per heavy atom. The van der Waals surface area contributed by atoms with E-state index in [0.717, 1.165) is 42.8 Å². The molecular weight excluding hydrogens is 312 g/mol. The Hall–Kier alpha value is -1.75. The van der Waals surface area contributed by atoms with Crippen molar-refractivity contribution in [3.8, 4) is 5.75 Å². The smallest absolute Gasteiger partial charge is 0.191 e. The third-order valence-electron chi connectivity index (χ3n) is 5.04. The molecule has 140 valence electrons. The summed E-state index contributed by atoms with van der Waals surface area (Å²) < 4.78 is 5.39. The predicted molar refractivity (Wildman–Crippen MR) is 105 cm³/mol. The molecule has 0 atom stereocenters. The predicted octanol–water partition coefficient (Wildman–Crippen LogP) is 3.01. The Kier molecular flexibility index (Phi) is 8.60. The van der Waals surface area contributed by atoms with Gasteiger partial charge < -0.3 is 20.3 Å². The lowest BCUT2D eigenvalue weighted by Gasteiger charge is -2.31. The number of methoxy groups -OCH3 is 1. The molecular formula is C20H34N4O. The van der Waals surface area contributed by atoms with Gasteiger partial charge in [0.25, 0.3) is 0 Å². The van der Waals surface area contributed by atoms with Crippen LogP contribution < -0.4 is 15.4 Å². The lowest BCUT2D eigenvalue weighted by atomic mass is 9.94. The molecule has 0 amide bonds. The number of benzene rings is 1. The Morgan fingerprint density at radius 2 is 1.96 bits per heavy atom. The van der Waals surface area contributed by atoms with E-state index in [1.165, 1.54) is 32.1 Å². The molecule has 0 unspecified atom stereocenters. The van der Waals surface area contributed by atoms with E-state index in [0.29, 0.717) is 6.54 Å². The molecule has 5 heteroatoms. The second kappa shape index (κ2) is 11.0. The molecule has 1 fully saturated rings. The van der Waals surface area contributed by atoms with Crippen molar-refractivity contribution in [1.82, 2.24) is 15.5 Å². The molecule has 0 saturated heterocycles. The van der Waals surface area contributed by atoms with Crippen LogP contribution in [0.2, 0.25) is 0 Å². The summed E-state index contributed by atoms with van der Waals surface area (Å²) in [7, 11) is 5.78. The minimum atomic E-state index is 0.700. The molecule has 25 heavy (non-hydrogen) atoms. The van der Waals surface area contributed by atoms with Gasteiger partial charge in [0.2, 0.25) is 0 Å². The van der Waals surface area contributed by atoms with E-state index in [1.807, 2.05) is 25.2 Å². The highest BCUT2D eigenvalue weighted by Crippen LogP contribution is 2.21. The van der Waals surface area contributed by atoms with Crippen molar-refractivity contribution in [3.63, 3.8) is 0 Å². The molecule has 0 spiro atoms. The van der Waals surface area contributed by atoms with Crippen LogP contribution in [-0.4, -0.2) is 51.2 Å². The zero-order valence-corrected chi connectivity index (χ0v) is 16.1. The Labute approximate surface area is 152 Å². The van der Waals surface area contributed by atoms with Crippen LogP contribution in [0, 0.1) is 0 Å². The third-order valence-corrected chi connectivity index (χ3v) is 5.04. The zero-order valence-electron chi connectivity index (χ0n) is 16.1. The summed E-state index contributed by atoms with van der Waals surface area (Å²) in [5, 5.41) is 6.76. The van der Waals surface area contributed by atoms with Crippen LogP contribution in [0.1, 0.15) is 44.1 Å². The van der Waals surface area contributed by atoms with Crippen molar-refractivity contribution < 1.29 is 4.74 Å². The molecule has 1 aliphatic rings. The lowest BCUT2D eigenvalue weighted by Crippen LogP contribution is -2.39. The fraction of sp³-hybridized carbons (Fsp3) is 0.650. The monoisotopic (exact) mass is 346 g/mol. The van der Waals surface area contributed by atoms with Gasteiger partial charge in [0.15, 0.2) is 5.96 Å². The summed E-state index contributed by atoms with van der Waals surface area (Å²) in [6.07, 6.45) is 8.07. The van der Waals surface area contributed by atoms with Crippen LogP contribution in [-0.2, 0) is 6.54 Å². The molecule has 1 saturated carbocycles. The highest BCUT2D eigenvalue weighted by molar-refractivity contribution is 5.79. The van der Waals surface area contributed by atoms with E-state index >= 15 is 0 Å². The summed E-state index contributed by atoms with van der Waals surface area (Å²) in [4.78, 5) is 6.84. The first-order chi connectivity index (χ1) is 12.2. The maximum Gasteiger partial charge on any atom is 0.191 e. The average molecular weight is 347 g/mol. The minimum Gasteiger partial charge on any atom is -0.496 e. The van der Waals surface area contributed by atoms with Gasteiger partial charge in [0.05, 0.1) is 7.11 Å². The second-order valence-corrected chi connectivity index (χ2v) is 6.79. The largest absolute Gasteiger partial charge is 0.496 e. The minimum absolute atomic E-state index is 0.700. The number of nitrogens with zero attached hydrogens (tertiary/aromatic N) is 2. The quantitative estimate of drug-likeness (QED) is 0.432. The second-order valence-electron chi connectivity index (χ2n) is 6.79. The van der Waals surface area contributed by atoms with Crippen molar-refractivity contribution in [1.29, 1.82) is 0 Å². The van der Waals surface area contributed by atoms with E-state index in [2.05, 4.69) is 33.6 Å². The fourth-order valence-electron chi connectivity index (χ4n) is 3.49. The maximum atomic E-state index is 5.39. The van der Waals surface area contributed by atoms with Gasteiger partial charge in [0, 0.05) is 31.7 Å². The van der Waals surface area contributed by atoms with E-state index in [1.54, 1.807) is 7.11 Å². The first kappa shape index (κ1) is 19.6. The van der Waals surface area contributed by atoms with E-state index < -0.39 is 0 Å². The number of nitrogens with one attached hydrogen (secondary N) is 2. The van der Waals surface area contributed by atoms with Crippen LogP contribution >= 0.6 is 0 Å². The van der Waals surface area contributed by atoms with Gasteiger partial charge in [-0.1, -0.05) is 37.5 Å². The van der Waals surface area contributed by atoms with Gasteiger partial charge in [-0.15, -0.1) is 0 Å². The molecule has 1 aromatic rings. The number of para-hydroxylation sites is 1. The number of hydrogen-bond acceptors (Lipinski definition) is 3. The normalized spacial score (nSPS) is 16.1. The third kappa shape index (κ3) is 6.58. The summed E-state index contributed by atoms with van der Waals surface area (Å²) in [5.41, 5.74) is 1.13. The number of ether oxygens (including phenoxy) is 1. The van der Waals surface area contributed by atoms with E-state index in [-0.39, 0.29) is 0 Å². The first-order valence-corrected chi connectivity index (χ1v) is 9.51. The Balaban J connectivity index is 1.66. The highest BCUT2D eigenvalue weighted by Gasteiger charge is 2.17. The van der Waals surface area contributed by atoms with Gasteiger partial charge in [0.1, 0.15) is 5.75 Å². The van der Waals surface area contributed by atoms with E-state index in [9.17, 15) is 0 Å². The topological polar surface area (TPSA) is 48.9 Å². The summed E-state index contributed by atoms with van der Waals surface area (Å²) >= 11 is 0. The van der Waals surface area contributed by atoms with Gasteiger partial charge in [-0.2, -0.15) is 0 Å². The SMILES string of the molecule is CN=C(NCCCN(C)C1CCCCC1)NCc1ccccc1OC. The molecule has 0 aliphatic heterocycles. The van der Waals surface area contributed by atoms with Crippen molar-refractivity contribution in [2.45, 2.75) is 51.1 Å². The number of aliphatic imine (C=N–C) groups is 1. The van der Waals surface area contributed by atoms with Gasteiger partial charge in [-0.25, -0.2) is 0 Å². The van der Waals surface area contributed by atoms with E-state index in [4.69, 9.17) is 4.74 Å². The average Bonchev–Trinajstić information content (AvgIpc) is 2.68. The molecule has 2 rings (SSSR count). The van der Waals surface area contributed by atoms with Crippen LogP contribution in [0.4, 0.5) is 0 Å². The van der Waals surface area contributed by atoms with Gasteiger partial charge >= 0.3 is 0 Å². The molecule has 0 bridgehead atoms. The van der Waals surface area contributed by atoms with Gasteiger partial charge in [-0.3, -0.25) is 4.99 Å². The Morgan fingerprint density at radius 1 is 1.20 bits per heavy atom. The molecule has 1 aromatic carbocycles. The summed E-state index contributed by atoms with van der Waals surface area (Å²) in [6.45, 7) is 2.77. The summed E-state index contributed by atoms with van der Waals surface area (Å²) in [5.74, 6) is 1.74. The zero-order chi connectivity index (χ0) is 17.9. The number of hydrogen-bond donors (Lipinski definition) is 2. The summed E-state index contributed by atoms with van der Waals surface area (Å²) in [6, 6.07) is 8.85. The number of rotatable bonds is 8.